The van der Waals surface area contributed by atoms with Crippen molar-refractivity contribution >= 4 is 34.8 Å². The minimum Gasteiger partial charge on any atom is -0.468 e. The third-order valence-corrected chi connectivity index (χ3v) is 4.89. The van der Waals surface area contributed by atoms with Crippen molar-refractivity contribution in [3.8, 4) is 5.75 Å². The van der Waals surface area contributed by atoms with Crippen LogP contribution in [0.25, 0.3) is 0 Å². The molecule has 6 nitrogen and oxygen atoms in total. The predicted molar refractivity (Wildman–Crippen MR) is 99.7 cm³/mol. The number of para-hydroxylation sites is 2. The number of hydrogen-bond donors (Lipinski definition) is 1. The van der Waals surface area contributed by atoms with Crippen LogP contribution in [0.2, 0.25) is 5.02 Å². The Labute approximate surface area is 156 Å². The first kappa shape index (κ1) is 16.7. The molecule has 2 aromatic carbocycles. The average molecular weight is 372 g/mol. The number of carbonyl (C=O) groups excluding carboxylic acids is 2. The standard InChI is InChI=1S/C19H18ClN3O3/c20-13-5-7-14(8-6-13)22-9-11-23(12-10-22)19(25)17-18(24)21-15-3-1-2-4-16(15)26-17/h1-8,17H,9-12H2,(H,21,24)/t17-/m1/s1. The van der Waals surface area contributed by atoms with Gasteiger partial charge in [0.25, 0.3) is 17.9 Å². The van der Waals surface area contributed by atoms with E-state index in [-0.39, 0.29) is 5.91 Å². The molecule has 2 aromatic rings. The van der Waals surface area contributed by atoms with Gasteiger partial charge in [-0.25, -0.2) is 0 Å². The topological polar surface area (TPSA) is 61.9 Å². The fourth-order valence-electron chi connectivity index (χ4n) is 3.22. The second-order valence-corrected chi connectivity index (χ2v) is 6.71. The number of fused-ring (bicyclic) bond motifs is 1. The Morgan fingerprint density at radius 2 is 1.73 bits per heavy atom. The molecule has 2 heterocycles. The molecule has 0 saturated carbocycles. The highest BCUT2D eigenvalue weighted by molar-refractivity contribution is 6.30. The number of benzene rings is 2. The number of amides is 2. The number of ether oxygens (including phenoxy) is 1. The fourth-order valence-corrected chi connectivity index (χ4v) is 3.34. The summed E-state index contributed by atoms with van der Waals surface area (Å²) in [5.41, 5.74) is 1.66. The van der Waals surface area contributed by atoms with E-state index in [0.717, 1.165) is 5.69 Å². The summed E-state index contributed by atoms with van der Waals surface area (Å²) >= 11 is 5.93. The zero-order valence-corrected chi connectivity index (χ0v) is 14.8. The van der Waals surface area contributed by atoms with Gasteiger partial charge < -0.3 is 19.9 Å². The van der Waals surface area contributed by atoms with Gasteiger partial charge in [-0.2, -0.15) is 0 Å². The summed E-state index contributed by atoms with van der Waals surface area (Å²) in [7, 11) is 0. The Kier molecular flexibility index (Phi) is 4.42. The Morgan fingerprint density at radius 3 is 2.46 bits per heavy atom. The molecule has 0 bridgehead atoms. The highest BCUT2D eigenvalue weighted by Crippen LogP contribution is 2.29. The first-order valence-electron chi connectivity index (χ1n) is 8.48. The SMILES string of the molecule is O=C1Nc2ccccc2O[C@H]1C(=O)N1CCN(c2ccc(Cl)cc2)CC1. The quantitative estimate of drug-likeness (QED) is 0.823. The van der Waals surface area contributed by atoms with E-state index < -0.39 is 12.0 Å². The van der Waals surface area contributed by atoms with Crippen LogP contribution in [0.4, 0.5) is 11.4 Å². The van der Waals surface area contributed by atoms with Gasteiger partial charge in [-0.15, -0.1) is 0 Å². The maximum atomic E-state index is 12.8. The molecular weight excluding hydrogens is 354 g/mol. The Hall–Kier alpha value is -2.73. The van der Waals surface area contributed by atoms with Gasteiger partial charge in [0.1, 0.15) is 5.75 Å². The third kappa shape index (κ3) is 3.20. The second-order valence-electron chi connectivity index (χ2n) is 6.27. The lowest BCUT2D eigenvalue weighted by Gasteiger charge is -2.37. The number of piperazine rings is 1. The fraction of sp³-hybridized carbons (Fsp3) is 0.263. The summed E-state index contributed by atoms with van der Waals surface area (Å²) < 4.78 is 5.65. The number of halogens is 1. The van der Waals surface area contributed by atoms with Crippen LogP contribution in [-0.4, -0.2) is 49.0 Å². The Bertz CT molecular complexity index is 832. The van der Waals surface area contributed by atoms with Gasteiger partial charge in [0.2, 0.25) is 0 Å². The second kappa shape index (κ2) is 6.88. The van der Waals surface area contributed by atoms with Crippen LogP contribution in [0.15, 0.2) is 48.5 Å². The summed E-state index contributed by atoms with van der Waals surface area (Å²) in [6.45, 7) is 2.46. The largest absolute Gasteiger partial charge is 0.468 e. The van der Waals surface area contributed by atoms with Crippen LogP contribution in [0.1, 0.15) is 0 Å². The summed E-state index contributed by atoms with van der Waals surface area (Å²) in [5.74, 6) is -0.202. The van der Waals surface area contributed by atoms with Gasteiger partial charge >= 0.3 is 0 Å². The highest BCUT2D eigenvalue weighted by Gasteiger charge is 2.37. The first-order chi connectivity index (χ1) is 12.6. The lowest BCUT2D eigenvalue weighted by molar-refractivity contribution is -0.145. The molecular formula is C19H18ClN3O3. The maximum Gasteiger partial charge on any atom is 0.275 e. The number of rotatable bonds is 2. The van der Waals surface area contributed by atoms with Gasteiger partial charge in [0.05, 0.1) is 5.69 Å². The van der Waals surface area contributed by atoms with Gasteiger partial charge in [0.15, 0.2) is 0 Å². The number of carbonyl (C=O) groups is 2. The minimum atomic E-state index is -1.13. The zero-order chi connectivity index (χ0) is 18.1. The predicted octanol–water partition coefficient (Wildman–Crippen LogP) is 2.39. The molecule has 7 heteroatoms. The van der Waals surface area contributed by atoms with Crippen LogP contribution in [0.3, 0.4) is 0 Å². The monoisotopic (exact) mass is 371 g/mol. The minimum absolute atomic E-state index is 0.298. The highest BCUT2D eigenvalue weighted by atomic mass is 35.5. The van der Waals surface area contributed by atoms with E-state index in [0.29, 0.717) is 42.6 Å². The smallest absolute Gasteiger partial charge is 0.275 e. The van der Waals surface area contributed by atoms with Crippen LogP contribution in [-0.2, 0) is 9.59 Å². The van der Waals surface area contributed by atoms with Gasteiger partial charge in [-0.3, -0.25) is 9.59 Å². The van der Waals surface area contributed by atoms with Crippen molar-refractivity contribution in [1.82, 2.24) is 4.90 Å². The van der Waals surface area contributed by atoms with Crippen molar-refractivity contribution in [2.24, 2.45) is 0 Å². The van der Waals surface area contributed by atoms with Crippen molar-refractivity contribution < 1.29 is 14.3 Å². The number of hydrogen-bond acceptors (Lipinski definition) is 4. The lowest BCUT2D eigenvalue weighted by Crippen LogP contribution is -2.55. The number of nitrogens with zero attached hydrogens (tertiary/aromatic N) is 2. The zero-order valence-electron chi connectivity index (χ0n) is 14.0. The molecule has 0 spiro atoms. The summed E-state index contributed by atoms with van der Waals surface area (Å²) in [6.07, 6.45) is -1.13. The molecule has 2 amide bonds. The van der Waals surface area contributed by atoms with Gasteiger partial charge in [0, 0.05) is 36.9 Å². The Balaban J connectivity index is 1.41. The molecule has 26 heavy (non-hydrogen) atoms. The van der Waals surface area contributed by atoms with Gasteiger partial charge in [-0.05, 0) is 36.4 Å². The molecule has 2 aliphatic rings. The molecule has 4 rings (SSSR count). The number of anilines is 2. The van der Waals surface area contributed by atoms with Crippen LogP contribution < -0.4 is 15.0 Å². The summed E-state index contributed by atoms with van der Waals surface area (Å²) in [6, 6.07) is 14.7. The maximum absolute atomic E-state index is 12.8. The van der Waals surface area contributed by atoms with Crippen LogP contribution in [0.5, 0.6) is 5.75 Å². The molecule has 1 saturated heterocycles. The average Bonchev–Trinajstić information content (AvgIpc) is 2.68. The first-order valence-corrected chi connectivity index (χ1v) is 8.85. The summed E-state index contributed by atoms with van der Waals surface area (Å²) in [5, 5.41) is 3.43. The van der Waals surface area contributed by atoms with E-state index in [9.17, 15) is 9.59 Å². The van der Waals surface area contributed by atoms with Crippen molar-refractivity contribution in [2.45, 2.75) is 6.10 Å². The van der Waals surface area contributed by atoms with Crippen molar-refractivity contribution in [3.05, 3.63) is 53.6 Å². The molecule has 0 radical (unpaired) electrons. The molecule has 0 unspecified atom stereocenters. The third-order valence-electron chi connectivity index (χ3n) is 4.64. The van der Waals surface area contributed by atoms with Crippen LogP contribution in [0, 0.1) is 0 Å². The number of nitrogens with one attached hydrogen (secondary N) is 1. The van der Waals surface area contributed by atoms with Crippen molar-refractivity contribution in [2.75, 3.05) is 36.4 Å². The molecule has 134 valence electrons. The van der Waals surface area contributed by atoms with E-state index in [4.69, 9.17) is 16.3 Å². The summed E-state index contributed by atoms with van der Waals surface area (Å²) in [4.78, 5) is 28.9. The van der Waals surface area contributed by atoms with Crippen molar-refractivity contribution in [3.63, 3.8) is 0 Å². The van der Waals surface area contributed by atoms with E-state index in [1.165, 1.54) is 0 Å². The van der Waals surface area contributed by atoms with E-state index in [1.54, 1.807) is 23.1 Å². The van der Waals surface area contributed by atoms with Crippen molar-refractivity contribution in [1.29, 1.82) is 0 Å². The van der Waals surface area contributed by atoms with E-state index >= 15 is 0 Å². The Morgan fingerprint density at radius 1 is 1.04 bits per heavy atom. The molecule has 2 aliphatic heterocycles. The van der Waals surface area contributed by atoms with E-state index in [2.05, 4.69) is 10.2 Å². The van der Waals surface area contributed by atoms with Gasteiger partial charge in [-0.1, -0.05) is 23.7 Å². The normalized spacial score (nSPS) is 19.4. The van der Waals surface area contributed by atoms with Crippen LogP contribution >= 0.6 is 11.6 Å². The van der Waals surface area contributed by atoms with E-state index in [1.807, 2.05) is 30.3 Å². The molecule has 0 aromatic heterocycles. The molecule has 1 fully saturated rings. The molecule has 1 N–H and O–H groups in total. The molecule has 0 aliphatic carbocycles. The molecule has 1 atom stereocenters. The lowest BCUT2D eigenvalue weighted by atomic mass is 10.1.